The second-order valence-electron chi connectivity index (χ2n) is 3.62. The number of rotatable bonds is 3. The van der Waals surface area contributed by atoms with Gasteiger partial charge in [-0.25, -0.2) is 0 Å². The van der Waals surface area contributed by atoms with Crippen LogP contribution in [0.5, 0.6) is 0 Å². The largest absolute Gasteiger partial charge is 0.339 e. The normalized spacial score (nSPS) is 9.62. The highest BCUT2D eigenvalue weighted by molar-refractivity contribution is 5.97. The summed E-state index contributed by atoms with van der Waals surface area (Å²) in [5.74, 6) is 2.62. The molecule has 0 spiro atoms. The van der Waals surface area contributed by atoms with E-state index in [2.05, 4.69) is 5.92 Å². The van der Waals surface area contributed by atoms with E-state index in [0.717, 1.165) is 5.56 Å². The van der Waals surface area contributed by atoms with Gasteiger partial charge in [-0.2, -0.15) is 0 Å². The molecule has 0 bridgehead atoms. The maximum absolute atomic E-state index is 12.2. The average Bonchev–Trinajstić information content (AvgIpc) is 2.30. The molecule has 0 heterocycles. The van der Waals surface area contributed by atoms with Gasteiger partial charge < -0.3 is 4.90 Å². The minimum absolute atomic E-state index is 0.0154. The number of nitrogens with zero attached hydrogens (tertiary/aromatic N) is 1. The van der Waals surface area contributed by atoms with Gasteiger partial charge in [0.25, 0.3) is 5.91 Å². The lowest BCUT2D eigenvalue weighted by Gasteiger charge is -2.19. The predicted molar refractivity (Wildman–Crippen MR) is 66.4 cm³/mol. The van der Waals surface area contributed by atoms with Crippen LogP contribution in [0.25, 0.3) is 0 Å². The molecule has 84 valence electrons. The number of carbonyl (C=O) groups excluding carboxylic acids is 1. The molecule has 0 atom stereocenters. The monoisotopic (exact) mass is 215 g/mol. The summed E-state index contributed by atoms with van der Waals surface area (Å²) in [7, 11) is 0. The van der Waals surface area contributed by atoms with Gasteiger partial charge in [-0.15, -0.1) is 6.42 Å². The van der Waals surface area contributed by atoms with E-state index < -0.39 is 0 Å². The first-order valence-corrected chi connectivity index (χ1v) is 5.51. The van der Waals surface area contributed by atoms with Gasteiger partial charge in [-0.1, -0.05) is 18.1 Å². The van der Waals surface area contributed by atoms with Gasteiger partial charge in [-0.05, 0) is 32.4 Å². The summed E-state index contributed by atoms with van der Waals surface area (Å²) >= 11 is 0. The van der Waals surface area contributed by atoms with Crippen LogP contribution in [0.2, 0.25) is 0 Å². The summed E-state index contributed by atoms with van der Waals surface area (Å²) in [4.78, 5) is 13.9. The molecule has 0 saturated heterocycles. The Labute approximate surface area is 97.3 Å². The smallest absolute Gasteiger partial charge is 0.255 e. The van der Waals surface area contributed by atoms with E-state index in [1.165, 1.54) is 0 Å². The molecule has 1 rings (SSSR count). The SMILES string of the molecule is C#Cc1c(C)cccc1C(=O)N(CC)CC. The predicted octanol–water partition coefficient (Wildman–Crippen LogP) is 2.46. The fraction of sp³-hybridized carbons (Fsp3) is 0.357. The molecule has 0 aliphatic rings. The van der Waals surface area contributed by atoms with Crippen molar-refractivity contribution in [1.29, 1.82) is 0 Å². The van der Waals surface area contributed by atoms with Gasteiger partial charge in [-0.3, -0.25) is 4.79 Å². The van der Waals surface area contributed by atoms with E-state index in [9.17, 15) is 4.79 Å². The number of carbonyl (C=O) groups is 1. The highest BCUT2D eigenvalue weighted by Gasteiger charge is 2.16. The van der Waals surface area contributed by atoms with Crippen molar-refractivity contribution < 1.29 is 4.79 Å². The number of terminal acetylenes is 1. The standard InChI is InChI=1S/C14H17NO/c1-5-12-11(4)9-8-10-13(12)14(16)15(6-2)7-3/h1,8-10H,6-7H2,2-4H3. The molecule has 0 saturated carbocycles. The fourth-order valence-electron chi connectivity index (χ4n) is 1.72. The second-order valence-corrected chi connectivity index (χ2v) is 3.62. The molecular formula is C14H17NO. The number of hydrogen-bond donors (Lipinski definition) is 0. The molecule has 0 N–H and O–H groups in total. The van der Waals surface area contributed by atoms with E-state index in [1.807, 2.05) is 32.9 Å². The Hall–Kier alpha value is -1.75. The first-order chi connectivity index (χ1) is 7.65. The number of aryl methyl sites for hydroxylation is 1. The lowest BCUT2D eigenvalue weighted by atomic mass is 10.0. The van der Waals surface area contributed by atoms with Gasteiger partial charge in [0.2, 0.25) is 0 Å². The average molecular weight is 215 g/mol. The first kappa shape index (κ1) is 12.3. The Morgan fingerprint density at radius 1 is 1.38 bits per heavy atom. The molecule has 0 aliphatic carbocycles. The Morgan fingerprint density at radius 3 is 2.50 bits per heavy atom. The van der Waals surface area contributed by atoms with E-state index in [4.69, 9.17) is 6.42 Å². The Balaban J connectivity index is 3.19. The van der Waals surface area contributed by atoms with Crippen LogP contribution in [0.15, 0.2) is 18.2 Å². The van der Waals surface area contributed by atoms with Gasteiger partial charge in [0.15, 0.2) is 0 Å². The van der Waals surface area contributed by atoms with E-state index in [-0.39, 0.29) is 5.91 Å². The third-order valence-corrected chi connectivity index (χ3v) is 2.70. The molecule has 0 radical (unpaired) electrons. The quantitative estimate of drug-likeness (QED) is 0.709. The fourth-order valence-corrected chi connectivity index (χ4v) is 1.72. The molecule has 1 aromatic carbocycles. The van der Waals surface area contributed by atoms with E-state index in [1.54, 1.807) is 11.0 Å². The molecular weight excluding hydrogens is 198 g/mol. The van der Waals surface area contributed by atoms with Crippen molar-refractivity contribution in [3.8, 4) is 12.3 Å². The Bertz CT molecular complexity index is 425. The zero-order valence-electron chi connectivity index (χ0n) is 10.1. The van der Waals surface area contributed by atoms with Crippen LogP contribution in [0.3, 0.4) is 0 Å². The van der Waals surface area contributed by atoms with E-state index >= 15 is 0 Å². The van der Waals surface area contributed by atoms with Crippen LogP contribution < -0.4 is 0 Å². The van der Waals surface area contributed by atoms with Gasteiger partial charge in [0, 0.05) is 18.7 Å². The Kier molecular flexibility index (Phi) is 4.13. The maximum atomic E-state index is 12.2. The van der Waals surface area contributed by atoms with Crippen LogP contribution >= 0.6 is 0 Å². The van der Waals surface area contributed by atoms with Crippen molar-refractivity contribution in [2.24, 2.45) is 0 Å². The van der Waals surface area contributed by atoms with Crippen molar-refractivity contribution in [2.75, 3.05) is 13.1 Å². The molecule has 2 nitrogen and oxygen atoms in total. The van der Waals surface area contributed by atoms with Crippen molar-refractivity contribution in [3.63, 3.8) is 0 Å². The van der Waals surface area contributed by atoms with Crippen LogP contribution in [0, 0.1) is 19.3 Å². The van der Waals surface area contributed by atoms with Gasteiger partial charge in [0.1, 0.15) is 0 Å². The van der Waals surface area contributed by atoms with Gasteiger partial charge >= 0.3 is 0 Å². The molecule has 16 heavy (non-hydrogen) atoms. The number of amides is 1. The third-order valence-electron chi connectivity index (χ3n) is 2.70. The minimum atomic E-state index is 0.0154. The number of benzene rings is 1. The summed E-state index contributed by atoms with van der Waals surface area (Å²) < 4.78 is 0. The van der Waals surface area contributed by atoms with Crippen LogP contribution in [-0.2, 0) is 0 Å². The molecule has 0 aliphatic heterocycles. The molecule has 2 heteroatoms. The van der Waals surface area contributed by atoms with Crippen molar-refractivity contribution in [2.45, 2.75) is 20.8 Å². The van der Waals surface area contributed by atoms with Crippen molar-refractivity contribution in [1.82, 2.24) is 4.90 Å². The van der Waals surface area contributed by atoms with Crippen LogP contribution in [0.4, 0.5) is 0 Å². The van der Waals surface area contributed by atoms with E-state index in [0.29, 0.717) is 24.2 Å². The molecule has 1 amide bonds. The summed E-state index contributed by atoms with van der Waals surface area (Å²) in [6.45, 7) is 7.26. The zero-order chi connectivity index (χ0) is 12.1. The Morgan fingerprint density at radius 2 is 2.00 bits per heavy atom. The van der Waals surface area contributed by atoms with Crippen molar-refractivity contribution in [3.05, 3.63) is 34.9 Å². The molecule has 1 aromatic rings. The lowest BCUT2D eigenvalue weighted by molar-refractivity contribution is 0.0772. The summed E-state index contributed by atoms with van der Waals surface area (Å²) in [6, 6.07) is 5.59. The highest BCUT2D eigenvalue weighted by atomic mass is 16.2. The zero-order valence-corrected chi connectivity index (χ0v) is 10.1. The highest BCUT2D eigenvalue weighted by Crippen LogP contribution is 2.15. The topological polar surface area (TPSA) is 20.3 Å². The summed E-state index contributed by atoms with van der Waals surface area (Å²) in [5.41, 5.74) is 2.31. The summed E-state index contributed by atoms with van der Waals surface area (Å²) in [6.07, 6.45) is 5.45. The minimum Gasteiger partial charge on any atom is -0.339 e. The van der Waals surface area contributed by atoms with Gasteiger partial charge in [0.05, 0.1) is 5.56 Å². The molecule has 0 fully saturated rings. The van der Waals surface area contributed by atoms with Crippen molar-refractivity contribution >= 4 is 5.91 Å². The number of hydrogen-bond acceptors (Lipinski definition) is 1. The molecule has 0 unspecified atom stereocenters. The van der Waals surface area contributed by atoms with Crippen LogP contribution in [-0.4, -0.2) is 23.9 Å². The molecule has 0 aromatic heterocycles. The van der Waals surface area contributed by atoms with Crippen LogP contribution in [0.1, 0.15) is 35.3 Å². The first-order valence-electron chi connectivity index (χ1n) is 5.51. The third kappa shape index (κ3) is 2.25. The summed E-state index contributed by atoms with van der Waals surface area (Å²) in [5, 5.41) is 0. The maximum Gasteiger partial charge on any atom is 0.255 e. The lowest BCUT2D eigenvalue weighted by Crippen LogP contribution is -2.31. The second kappa shape index (κ2) is 5.37.